The molecule has 0 spiro atoms. The Morgan fingerprint density at radius 3 is 2.61 bits per heavy atom. The minimum absolute atomic E-state index is 0.0205. The molecular weight excluding hydrogens is 294 g/mol. The number of aliphatic hydroxyl groups excluding tert-OH is 1. The van der Waals surface area contributed by atoms with Crippen LogP contribution in [0.25, 0.3) is 0 Å². The van der Waals surface area contributed by atoms with Crippen molar-refractivity contribution >= 4 is 38.3 Å². The van der Waals surface area contributed by atoms with E-state index in [-0.39, 0.29) is 22.1 Å². The van der Waals surface area contributed by atoms with Crippen molar-refractivity contribution in [3.63, 3.8) is 0 Å². The molecule has 1 rings (SSSR count). The van der Waals surface area contributed by atoms with E-state index in [1.165, 1.54) is 11.8 Å². The van der Waals surface area contributed by atoms with Gasteiger partial charge in [0.15, 0.2) is 9.34 Å². The molecule has 0 amide bonds. The van der Waals surface area contributed by atoms with Gasteiger partial charge in [0.25, 0.3) is 0 Å². The van der Waals surface area contributed by atoms with Crippen LogP contribution in [0.1, 0.15) is 12.6 Å². The number of aromatic nitrogens is 1. The highest BCUT2D eigenvalue weighted by Gasteiger charge is 2.20. The smallest absolute Gasteiger partial charge is 0.249 e. The van der Waals surface area contributed by atoms with Gasteiger partial charge in [-0.25, -0.2) is 18.5 Å². The predicted molar refractivity (Wildman–Crippen MR) is 75.7 cm³/mol. The van der Waals surface area contributed by atoms with Crippen LogP contribution in [0.4, 0.5) is 5.13 Å². The highest BCUT2D eigenvalue weighted by Crippen LogP contribution is 2.27. The molecule has 1 heterocycles. The number of sulfonamides is 1. The standard InChI is InChI=1S/C9H17N3O3S3/c1-5(7(4-13)16-3)11-9-12-6(2)8(17-9)18(10,14)15/h5,7,13H,4H2,1-3H3,(H,11,12)(H2,10,14,15). The Hall–Kier alpha value is -0.350. The van der Waals surface area contributed by atoms with Crippen LogP contribution in [0.3, 0.4) is 0 Å². The number of hydrogen-bond acceptors (Lipinski definition) is 7. The van der Waals surface area contributed by atoms with Gasteiger partial charge in [-0.15, -0.1) is 0 Å². The zero-order valence-electron chi connectivity index (χ0n) is 10.4. The van der Waals surface area contributed by atoms with Gasteiger partial charge < -0.3 is 10.4 Å². The molecular formula is C9H17N3O3S3. The fraction of sp³-hybridized carbons (Fsp3) is 0.667. The van der Waals surface area contributed by atoms with Crippen LogP contribution in [0.2, 0.25) is 0 Å². The number of nitrogens with one attached hydrogen (secondary N) is 1. The number of hydrogen-bond donors (Lipinski definition) is 3. The van der Waals surface area contributed by atoms with E-state index in [0.29, 0.717) is 10.8 Å². The van der Waals surface area contributed by atoms with Gasteiger partial charge in [0.2, 0.25) is 10.0 Å². The van der Waals surface area contributed by atoms with Gasteiger partial charge in [0.05, 0.1) is 12.3 Å². The molecule has 0 radical (unpaired) electrons. The molecule has 0 fully saturated rings. The summed E-state index contributed by atoms with van der Waals surface area (Å²) in [6.45, 7) is 3.55. The van der Waals surface area contributed by atoms with Crippen LogP contribution in [-0.2, 0) is 10.0 Å². The topological polar surface area (TPSA) is 105 Å². The van der Waals surface area contributed by atoms with Gasteiger partial charge in [0, 0.05) is 11.3 Å². The lowest BCUT2D eigenvalue weighted by Crippen LogP contribution is -2.30. The van der Waals surface area contributed by atoms with Crippen molar-refractivity contribution in [1.82, 2.24) is 4.98 Å². The second-order valence-electron chi connectivity index (χ2n) is 3.83. The summed E-state index contributed by atoms with van der Waals surface area (Å²) in [4.78, 5) is 4.13. The Kier molecular flexibility index (Phi) is 5.41. The van der Waals surface area contributed by atoms with E-state index in [2.05, 4.69) is 10.3 Å². The number of anilines is 1. The van der Waals surface area contributed by atoms with Gasteiger partial charge >= 0.3 is 0 Å². The lowest BCUT2D eigenvalue weighted by Gasteiger charge is -2.20. The normalized spacial score (nSPS) is 15.4. The summed E-state index contributed by atoms with van der Waals surface area (Å²) in [5, 5.41) is 17.9. The Balaban J connectivity index is 2.87. The van der Waals surface area contributed by atoms with E-state index in [0.717, 1.165) is 11.3 Å². The van der Waals surface area contributed by atoms with Gasteiger partial charge in [0.1, 0.15) is 0 Å². The average Bonchev–Trinajstić information content (AvgIpc) is 2.60. The van der Waals surface area contributed by atoms with E-state index in [4.69, 9.17) is 10.2 Å². The Morgan fingerprint density at radius 1 is 1.61 bits per heavy atom. The summed E-state index contributed by atoms with van der Waals surface area (Å²) >= 11 is 2.54. The van der Waals surface area contributed by atoms with Crippen molar-refractivity contribution in [1.29, 1.82) is 0 Å². The number of primary sulfonamides is 1. The molecule has 18 heavy (non-hydrogen) atoms. The zero-order chi connectivity index (χ0) is 13.9. The molecule has 0 aromatic carbocycles. The first-order valence-corrected chi connectivity index (χ1v) is 8.85. The third-order valence-corrected chi connectivity index (χ3v) is 6.21. The van der Waals surface area contributed by atoms with Crippen molar-refractivity contribution in [2.45, 2.75) is 29.3 Å². The molecule has 0 aliphatic heterocycles. The first-order valence-electron chi connectivity index (χ1n) is 5.20. The molecule has 0 bridgehead atoms. The third-order valence-electron chi connectivity index (χ3n) is 2.40. The van der Waals surface area contributed by atoms with Crippen LogP contribution in [-0.4, -0.2) is 42.7 Å². The molecule has 1 aromatic rings. The van der Waals surface area contributed by atoms with Gasteiger partial charge in [-0.05, 0) is 20.1 Å². The minimum atomic E-state index is -3.72. The van der Waals surface area contributed by atoms with Crippen molar-refractivity contribution in [3.05, 3.63) is 5.69 Å². The maximum atomic E-state index is 11.3. The minimum Gasteiger partial charge on any atom is -0.395 e. The van der Waals surface area contributed by atoms with E-state index in [1.807, 2.05) is 13.2 Å². The third kappa shape index (κ3) is 3.82. The Morgan fingerprint density at radius 2 is 2.22 bits per heavy atom. The number of nitrogens with zero attached hydrogens (tertiary/aromatic N) is 1. The summed E-state index contributed by atoms with van der Waals surface area (Å²) in [6.07, 6.45) is 1.90. The quantitative estimate of drug-likeness (QED) is 0.711. The summed E-state index contributed by atoms with van der Waals surface area (Å²) < 4.78 is 22.6. The molecule has 0 aliphatic carbocycles. The van der Waals surface area contributed by atoms with E-state index in [1.54, 1.807) is 6.92 Å². The number of aliphatic hydroxyl groups is 1. The first kappa shape index (κ1) is 15.7. The number of thioether (sulfide) groups is 1. The van der Waals surface area contributed by atoms with Gasteiger partial charge in [-0.2, -0.15) is 11.8 Å². The fourth-order valence-electron chi connectivity index (χ4n) is 1.43. The average molecular weight is 311 g/mol. The van der Waals surface area contributed by atoms with E-state index < -0.39 is 10.0 Å². The molecule has 0 aliphatic rings. The second kappa shape index (κ2) is 6.20. The molecule has 0 saturated heterocycles. The SMILES string of the molecule is CSC(CO)C(C)Nc1nc(C)c(S(N)(=O)=O)s1. The first-order chi connectivity index (χ1) is 8.29. The highest BCUT2D eigenvalue weighted by molar-refractivity contribution is 7.99. The number of rotatable bonds is 6. The molecule has 2 atom stereocenters. The maximum Gasteiger partial charge on any atom is 0.249 e. The summed E-state index contributed by atoms with van der Waals surface area (Å²) in [7, 11) is -3.72. The van der Waals surface area contributed by atoms with E-state index >= 15 is 0 Å². The maximum absolute atomic E-state index is 11.3. The summed E-state index contributed by atoms with van der Waals surface area (Å²) in [5.41, 5.74) is 0.391. The monoisotopic (exact) mass is 311 g/mol. The molecule has 104 valence electrons. The molecule has 4 N–H and O–H groups in total. The lowest BCUT2D eigenvalue weighted by molar-refractivity contribution is 0.288. The van der Waals surface area contributed by atoms with Crippen molar-refractivity contribution in [2.75, 3.05) is 18.2 Å². The van der Waals surface area contributed by atoms with E-state index in [9.17, 15) is 8.42 Å². The number of thiazole rings is 1. The predicted octanol–water partition coefficient (Wildman–Crippen LogP) is 0.623. The largest absolute Gasteiger partial charge is 0.395 e. The molecule has 0 saturated carbocycles. The second-order valence-corrected chi connectivity index (χ2v) is 7.66. The fourth-order valence-corrected chi connectivity index (χ4v) is 4.01. The molecule has 1 aromatic heterocycles. The van der Waals surface area contributed by atoms with Crippen LogP contribution in [0, 0.1) is 6.92 Å². The lowest BCUT2D eigenvalue weighted by atomic mass is 10.2. The number of aryl methyl sites for hydroxylation is 1. The molecule has 9 heteroatoms. The van der Waals surface area contributed by atoms with Crippen LogP contribution in [0.5, 0.6) is 0 Å². The van der Waals surface area contributed by atoms with Crippen molar-refractivity contribution < 1.29 is 13.5 Å². The Labute approximate surface area is 115 Å². The van der Waals surface area contributed by atoms with Crippen molar-refractivity contribution in [2.24, 2.45) is 5.14 Å². The van der Waals surface area contributed by atoms with Crippen molar-refractivity contribution in [3.8, 4) is 0 Å². The van der Waals surface area contributed by atoms with Crippen LogP contribution in [0.15, 0.2) is 4.21 Å². The molecule has 2 unspecified atom stereocenters. The summed E-state index contributed by atoms with van der Waals surface area (Å²) in [5.74, 6) is 0. The number of nitrogens with two attached hydrogens (primary N) is 1. The zero-order valence-corrected chi connectivity index (χ0v) is 12.8. The van der Waals surface area contributed by atoms with Gasteiger partial charge in [-0.3, -0.25) is 0 Å². The highest BCUT2D eigenvalue weighted by atomic mass is 32.2. The van der Waals surface area contributed by atoms with Crippen LogP contribution >= 0.6 is 23.1 Å². The Bertz CT molecular complexity index is 496. The van der Waals surface area contributed by atoms with Crippen LogP contribution < -0.4 is 10.5 Å². The summed E-state index contributed by atoms with van der Waals surface area (Å²) in [6, 6.07) is -0.0242. The van der Waals surface area contributed by atoms with Gasteiger partial charge in [-0.1, -0.05) is 11.3 Å². The molecule has 6 nitrogen and oxygen atoms in total.